The van der Waals surface area contributed by atoms with E-state index in [1.54, 1.807) is 0 Å². The van der Waals surface area contributed by atoms with E-state index in [0.717, 1.165) is 19.5 Å². The minimum Gasteiger partial charge on any atom is -0.480 e. The zero-order valence-corrected chi connectivity index (χ0v) is 13.8. The van der Waals surface area contributed by atoms with Crippen LogP contribution in [0.4, 0.5) is 0 Å². The van der Waals surface area contributed by atoms with Crippen LogP contribution < -0.4 is 0 Å². The molecule has 0 bridgehead atoms. The van der Waals surface area contributed by atoms with E-state index in [-0.39, 0.29) is 18.4 Å². The molecule has 0 spiro atoms. The van der Waals surface area contributed by atoms with E-state index in [9.17, 15) is 14.7 Å². The summed E-state index contributed by atoms with van der Waals surface area (Å²) in [5, 5.41) is 9.21. The molecule has 0 saturated carbocycles. The molecular formula is C18H24N2O4. The number of hydrogen-bond acceptors (Lipinski definition) is 4. The lowest BCUT2D eigenvalue weighted by Gasteiger charge is -2.33. The van der Waals surface area contributed by atoms with E-state index in [4.69, 9.17) is 4.74 Å². The van der Waals surface area contributed by atoms with Crippen LogP contribution in [0.15, 0.2) is 30.3 Å². The van der Waals surface area contributed by atoms with Gasteiger partial charge in [-0.1, -0.05) is 30.3 Å². The number of rotatable bonds is 5. The highest BCUT2D eigenvalue weighted by atomic mass is 16.5. The van der Waals surface area contributed by atoms with Gasteiger partial charge < -0.3 is 14.7 Å². The molecule has 24 heavy (non-hydrogen) atoms. The van der Waals surface area contributed by atoms with E-state index >= 15 is 0 Å². The number of benzene rings is 1. The molecule has 6 heteroatoms. The van der Waals surface area contributed by atoms with E-state index < -0.39 is 12.0 Å². The van der Waals surface area contributed by atoms with Gasteiger partial charge >= 0.3 is 5.97 Å². The van der Waals surface area contributed by atoms with Gasteiger partial charge in [0.1, 0.15) is 6.04 Å². The largest absolute Gasteiger partial charge is 0.480 e. The Hall–Kier alpha value is -1.92. The van der Waals surface area contributed by atoms with Crippen molar-refractivity contribution in [3.63, 3.8) is 0 Å². The third kappa shape index (κ3) is 4.13. The highest BCUT2D eigenvalue weighted by Crippen LogP contribution is 2.20. The first-order valence-corrected chi connectivity index (χ1v) is 8.53. The molecule has 1 amide bonds. The number of morpholine rings is 1. The zero-order chi connectivity index (χ0) is 16.9. The summed E-state index contributed by atoms with van der Waals surface area (Å²) in [7, 11) is 0. The molecule has 1 aromatic rings. The maximum atomic E-state index is 12.5. The van der Waals surface area contributed by atoms with Gasteiger partial charge in [-0.25, -0.2) is 4.79 Å². The third-order valence-electron chi connectivity index (χ3n) is 4.73. The normalized spacial score (nSPS) is 24.9. The highest BCUT2D eigenvalue weighted by molar-refractivity contribution is 5.84. The average molecular weight is 332 g/mol. The minimum absolute atomic E-state index is 0.105. The van der Waals surface area contributed by atoms with Gasteiger partial charge in [0.2, 0.25) is 5.91 Å². The molecule has 3 rings (SSSR count). The van der Waals surface area contributed by atoms with Crippen molar-refractivity contribution in [3.05, 3.63) is 35.9 Å². The number of carboxylic acids is 1. The molecule has 2 fully saturated rings. The smallest absolute Gasteiger partial charge is 0.326 e. The molecule has 130 valence electrons. The van der Waals surface area contributed by atoms with Crippen LogP contribution in [0.3, 0.4) is 0 Å². The Bertz CT molecular complexity index is 578. The molecule has 2 aliphatic rings. The van der Waals surface area contributed by atoms with Crippen molar-refractivity contribution in [2.75, 3.05) is 26.2 Å². The van der Waals surface area contributed by atoms with Crippen LogP contribution in [0.2, 0.25) is 0 Å². The summed E-state index contributed by atoms with van der Waals surface area (Å²) in [6, 6.07) is 9.57. The number of aliphatic carboxylic acids is 1. The minimum atomic E-state index is -0.906. The quantitative estimate of drug-likeness (QED) is 0.881. The SMILES string of the molecule is O=C(O)[C@@H]1CCCN1C(=O)C[C@H]1CN(Cc2ccccc2)CCO1. The zero-order valence-electron chi connectivity index (χ0n) is 13.8. The summed E-state index contributed by atoms with van der Waals surface area (Å²) < 4.78 is 5.74. The number of hydrogen-bond donors (Lipinski definition) is 1. The predicted octanol–water partition coefficient (Wildman–Crippen LogP) is 1.35. The number of carbonyl (C=O) groups is 2. The summed E-state index contributed by atoms with van der Waals surface area (Å²) in [6.07, 6.45) is 1.40. The first-order valence-electron chi connectivity index (χ1n) is 8.53. The van der Waals surface area contributed by atoms with Crippen LogP contribution in [0.1, 0.15) is 24.8 Å². The van der Waals surface area contributed by atoms with Gasteiger partial charge in [-0.2, -0.15) is 0 Å². The van der Waals surface area contributed by atoms with Crippen LogP contribution in [-0.4, -0.2) is 65.2 Å². The van der Waals surface area contributed by atoms with Gasteiger partial charge in [0.05, 0.1) is 19.1 Å². The second-order valence-electron chi connectivity index (χ2n) is 6.50. The molecule has 0 aliphatic carbocycles. The van der Waals surface area contributed by atoms with Crippen LogP contribution in [-0.2, 0) is 20.9 Å². The Labute approximate surface area is 142 Å². The van der Waals surface area contributed by atoms with Gasteiger partial charge in [-0.3, -0.25) is 9.69 Å². The fraction of sp³-hybridized carbons (Fsp3) is 0.556. The van der Waals surface area contributed by atoms with Crippen molar-refractivity contribution >= 4 is 11.9 Å². The second kappa shape index (κ2) is 7.77. The number of amides is 1. The number of carboxylic acid groups (broad SMARTS) is 1. The Kier molecular flexibility index (Phi) is 5.48. The molecule has 2 aliphatic heterocycles. The first kappa shape index (κ1) is 16.9. The summed E-state index contributed by atoms with van der Waals surface area (Å²) in [5.41, 5.74) is 1.25. The molecule has 1 N–H and O–H groups in total. The van der Waals surface area contributed by atoms with Crippen molar-refractivity contribution in [1.29, 1.82) is 0 Å². The second-order valence-corrected chi connectivity index (χ2v) is 6.50. The number of likely N-dealkylation sites (tertiary alicyclic amines) is 1. The van der Waals surface area contributed by atoms with Gasteiger partial charge in [-0.15, -0.1) is 0 Å². The van der Waals surface area contributed by atoms with Crippen molar-refractivity contribution in [3.8, 4) is 0 Å². The van der Waals surface area contributed by atoms with Crippen molar-refractivity contribution in [1.82, 2.24) is 9.80 Å². The van der Waals surface area contributed by atoms with Crippen LogP contribution in [0, 0.1) is 0 Å². The number of carbonyl (C=O) groups excluding carboxylic acids is 1. The molecule has 1 aromatic carbocycles. The maximum Gasteiger partial charge on any atom is 0.326 e. The molecule has 2 saturated heterocycles. The van der Waals surface area contributed by atoms with E-state index in [1.165, 1.54) is 10.5 Å². The molecule has 0 radical (unpaired) electrons. The Morgan fingerprint density at radius 3 is 2.75 bits per heavy atom. The fourth-order valence-corrected chi connectivity index (χ4v) is 3.52. The van der Waals surface area contributed by atoms with Crippen LogP contribution in [0.25, 0.3) is 0 Å². The Morgan fingerprint density at radius 2 is 2.00 bits per heavy atom. The highest BCUT2D eigenvalue weighted by Gasteiger charge is 2.35. The summed E-state index contributed by atoms with van der Waals surface area (Å²) >= 11 is 0. The summed E-state index contributed by atoms with van der Waals surface area (Å²) in [4.78, 5) is 27.5. The molecule has 2 atom stereocenters. The van der Waals surface area contributed by atoms with Gasteiger partial charge in [0.15, 0.2) is 0 Å². The summed E-state index contributed by atoms with van der Waals surface area (Å²) in [5.74, 6) is -1.01. The molecule has 0 aromatic heterocycles. The lowest BCUT2D eigenvalue weighted by Crippen LogP contribution is -2.46. The van der Waals surface area contributed by atoms with Crippen LogP contribution in [0.5, 0.6) is 0 Å². The third-order valence-corrected chi connectivity index (χ3v) is 4.73. The fourth-order valence-electron chi connectivity index (χ4n) is 3.52. The van der Waals surface area contributed by atoms with E-state index in [2.05, 4.69) is 17.0 Å². The average Bonchev–Trinajstić information content (AvgIpc) is 3.06. The van der Waals surface area contributed by atoms with E-state index in [1.807, 2.05) is 18.2 Å². The lowest BCUT2D eigenvalue weighted by molar-refractivity contribution is -0.150. The molecular weight excluding hydrogens is 308 g/mol. The molecule has 0 unspecified atom stereocenters. The Balaban J connectivity index is 1.53. The summed E-state index contributed by atoms with van der Waals surface area (Å²) in [6.45, 7) is 3.53. The van der Waals surface area contributed by atoms with Crippen molar-refractivity contribution in [2.24, 2.45) is 0 Å². The monoisotopic (exact) mass is 332 g/mol. The standard InChI is InChI=1S/C18H24N2O4/c21-17(20-8-4-7-16(20)18(22)23)11-15-13-19(9-10-24-15)12-14-5-2-1-3-6-14/h1-3,5-6,15-16H,4,7-13H2,(H,22,23)/t15-,16-/m0/s1. The van der Waals surface area contributed by atoms with E-state index in [0.29, 0.717) is 26.1 Å². The Morgan fingerprint density at radius 1 is 1.21 bits per heavy atom. The number of ether oxygens (including phenoxy) is 1. The van der Waals surface area contributed by atoms with Gasteiger partial charge in [0, 0.05) is 26.2 Å². The molecule has 2 heterocycles. The first-order chi connectivity index (χ1) is 11.6. The predicted molar refractivity (Wildman–Crippen MR) is 88.4 cm³/mol. The topological polar surface area (TPSA) is 70.1 Å². The maximum absolute atomic E-state index is 12.5. The van der Waals surface area contributed by atoms with Crippen LogP contribution >= 0.6 is 0 Å². The lowest BCUT2D eigenvalue weighted by atomic mass is 10.1. The number of nitrogens with zero attached hydrogens (tertiary/aromatic N) is 2. The van der Waals surface area contributed by atoms with Crippen molar-refractivity contribution in [2.45, 2.75) is 38.0 Å². The van der Waals surface area contributed by atoms with Gasteiger partial charge in [0.25, 0.3) is 0 Å². The molecule has 6 nitrogen and oxygen atoms in total. The van der Waals surface area contributed by atoms with Gasteiger partial charge in [-0.05, 0) is 18.4 Å². The van der Waals surface area contributed by atoms with Crippen molar-refractivity contribution < 1.29 is 19.4 Å².